The lowest BCUT2D eigenvalue weighted by atomic mass is 10.2. The number of aryl methyl sites for hydroxylation is 1. The minimum atomic E-state index is -0.194. The van der Waals surface area contributed by atoms with Gasteiger partial charge in [0, 0.05) is 23.0 Å². The van der Waals surface area contributed by atoms with E-state index in [4.69, 9.17) is 0 Å². The normalized spacial score (nSPS) is 10.8. The summed E-state index contributed by atoms with van der Waals surface area (Å²) in [6, 6.07) is 19.7. The van der Waals surface area contributed by atoms with E-state index in [9.17, 15) is 4.79 Å². The molecule has 0 aliphatic rings. The lowest BCUT2D eigenvalue weighted by Gasteiger charge is -2.12. The largest absolute Gasteiger partial charge is 0.322 e. The number of nitrogens with zero attached hydrogens (tertiary/aromatic N) is 3. The van der Waals surface area contributed by atoms with Crippen molar-refractivity contribution in [2.45, 2.75) is 11.8 Å². The third-order valence-electron chi connectivity index (χ3n) is 4.41. The van der Waals surface area contributed by atoms with E-state index in [2.05, 4.69) is 10.4 Å². The molecule has 1 N–H and O–H groups in total. The van der Waals surface area contributed by atoms with Crippen LogP contribution in [0.1, 0.15) is 15.9 Å². The third kappa shape index (κ3) is 3.59. The second-order valence-corrected chi connectivity index (χ2v) is 7.29. The summed E-state index contributed by atoms with van der Waals surface area (Å²) in [6.45, 7) is 2.04. The second kappa shape index (κ2) is 7.78. The Morgan fingerprint density at radius 1 is 1.04 bits per heavy atom. The van der Waals surface area contributed by atoms with Crippen LogP contribution in [0.2, 0.25) is 0 Å². The Kier molecular flexibility index (Phi) is 5.04. The summed E-state index contributed by atoms with van der Waals surface area (Å²) in [6.07, 6.45) is 7.45. The van der Waals surface area contributed by atoms with Gasteiger partial charge in [0.05, 0.1) is 11.9 Å². The summed E-state index contributed by atoms with van der Waals surface area (Å²) < 4.78 is 3.70. The molecule has 0 saturated heterocycles. The number of benzene rings is 2. The fourth-order valence-corrected chi connectivity index (χ4v) is 3.53. The highest BCUT2D eigenvalue weighted by Gasteiger charge is 2.20. The average molecular weight is 388 g/mol. The van der Waals surface area contributed by atoms with Gasteiger partial charge < -0.3 is 9.88 Å². The number of hydrogen-bond donors (Lipinski definition) is 1. The van der Waals surface area contributed by atoms with Crippen molar-refractivity contribution in [3.63, 3.8) is 0 Å². The molecule has 0 unspecified atom stereocenters. The standard InChI is InChI=1S/C22H20N4OS/c1-16-7-5-9-18(13-16)26-22(25-11-3-4-12-25)20(15-23-26)21(27)24-17-8-6-10-19(14-17)28-2/h3-15H,1-2H3,(H,24,27). The lowest BCUT2D eigenvalue weighted by molar-refractivity contribution is 0.102. The maximum Gasteiger partial charge on any atom is 0.261 e. The lowest BCUT2D eigenvalue weighted by Crippen LogP contribution is -2.15. The Hall–Kier alpha value is -3.25. The molecule has 0 fully saturated rings. The van der Waals surface area contributed by atoms with Crippen molar-refractivity contribution in [3.05, 3.63) is 90.4 Å². The summed E-state index contributed by atoms with van der Waals surface area (Å²) in [4.78, 5) is 14.2. The molecule has 6 heteroatoms. The first kappa shape index (κ1) is 18.1. The first-order valence-electron chi connectivity index (χ1n) is 8.89. The van der Waals surface area contributed by atoms with Gasteiger partial charge >= 0.3 is 0 Å². The van der Waals surface area contributed by atoms with Crippen molar-refractivity contribution >= 4 is 23.4 Å². The number of rotatable bonds is 5. The maximum atomic E-state index is 13.1. The van der Waals surface area contributed by atoms with Gasteiger partial charge in [-0.15, -0.1) is 11.8 Å². The van der Waals surface area contributed by atoms with Crippen LogP contribution in [0, 0.1) is 6.92 Å². The molecule has 0 spiro atoms. The van der Waals surface area contributed by atoms with Crippen LogP contribution in [-0.2, 0) is 0 Å². The SMILES string of the molecule is CSc1cccc(NC(=O)c2cnn(-c3cccc(C)c3)c2-n2cccc2)c1. The Balaban J connectivity index is 1.75. The van der Waals surface area contributed by atoms with Crippen molar-refractivity contribution < 1.29 is 4.79 Å². The molecule has 0 saturated carbocycles. The van der Waals surface area contributed by atoms with Crippen LogP contribution in [0.4, 0.5) is 5.69 Å². The van der Waals surface area contributed by atoms with E-state index < -0.39 is 0 Å². The molecule has 1 amide bonds. The van der Waals surface area contributed by atoms with Gasteiger partial charge in [-0.05, 0) is 61.2 Å². The second-order valence-electron chi connectivity index (χ2n) is 6.41. The first-order chi connectivity index (χ1) is 13.7. The molecule has 0 radical (unpaired) electrons. The van der Waals surface area contributed by atoms with Gasteiger partial charge in [-0.3, -0.25) is 4.79 Å². The predicted octanol–water partition coefficient (Wildman–Crippen LogP) is 4.95. The molecule has 2 aromatic carbocycles. The van der Waals surface area contributed by atoms with Gasteiger partial charge in [-0.25, -0.2) is 4.68 Å². The molecule has 2 aromatic heterocycles. The van der Waals surface area contributed by atoms with E-state index in [-0.39, 0.29) is 5.91 Å². The molecule has 140 valence electrons. The number of anilines is 1. The molecule has 0 atom stereocenters. The molecule has 0 bridgehead atoms. The van der Waals surface area contributed by atoms with E-state index in [0.717, 1.165) is 21.8 Å². The van der Waals surface area contributed by atoms with Gasteiger partial charge in [0.15, 0.2) is 5.82 Å². The molecular formula is C22H20N4OS. The quantitative estimate of drug-likeness (QED) is 0.492. The van der Waals surface area contributed by atoms with Gasteiger partial charge in [-0.1, -0.05) is 18.2 Å². The van der Waals surface area contributed by atoms with Gasteiger partial charge in [0.1, 0.15) is 5.56 Å². The average Bonchev–Trinajstić information content (AvgIpc) is 3.37. The molecule has 4 aromatic rings. The van der Waals surface area contributed by atoms with Crippen LogP contribution < -0.4 is 5.32 Å². The number of carbonyl (C=O) groups is 1. The summed E-state index contributed by atoms with van der Waals surface area (Å²) in [5.74, 6) is 0.509. The topological polar surface area (TPSA) is 51.9 Å². The van der Waals surface area contributed by atoms with Gasteiger partial charge in [0.25, 0.3) is 5.91 Å². The monoisotopic (exact) mass is 388 g/mol. The van der Waals surface area contributed by atoms with Crippen molar-refractivity contribution in [1.29, 1.82) is 0 Å². The highest BCUT2D eigenvalue weighted by atomic mass is 32.2. The number of hydrogen-bond acceptors (Lipinski definition) is 3. The van der Waals surface area contributed by atoms with Gasteiger partial charge in [0.2, 0.25) is 0 Å². The molecule has 0 aliphatic heterocycles. The van der Waals surface area contributed by atoms with Gasteiger partial charge in [-0.2, -0.15) is 5.10 Å². The Morgan fingerprint density at radius 3 is 2.57 bits per heavy atom. The highest BCUT2D eigenvalue weighted by Crippen LogP contribution is 2.23. The fraction of sp³-hybridized carbons (Fsp3) is 0.0909. The zero-order valence-electron chi connectivity index (χ0n) is 15.7. The predicted molar refractivity (Wildman–Crippen MR) is 114 cm³/mol. The molecule has 0 aliphatic carbocycles. The number of thioether (sulfide) groups is 1. The van der Waals surface area contributed by atoms with E-state index >= 15 is 0 Å². The minimum absolute atomic E-state index is 0.194. The number of carbonyl (C=O) groups excluding carboxylic acids is 1. The first-order valence-corrected chi connectivity index (χ1v) is 10.1. The van der Waals surface area contributed by atoms with Crippen LogP contribution in [0.5, 0.6) is 0 Å². The molecule has 28 heavy (non-hydrogen) atoms. The maximum absolute atomic E-state index is 13.1. The highest BCUT2D eigenvalue weighted by molar-refractivity contribution is 7.98. The Labute approximate surface area is 168 Å². The number of aromatic nitrogens is 3. The minimum Gasteiger partial charge on any atom is -0.322 e. The van der Waals surface area contributed by atoms with Crippen LogP contribution in [0.3, 0.4) is 0 Å². The zero-order valence-corrected chi connectivity index (χ0v) is 16.5. The van der Waals surface area contributed by atoms with Crippen molar-refractivity contribution in [1.82, 2.24) is 14.3 Å². The smallest absolute Gasteiger partial charge is 0.261 e. The number of nitrogens with one attached hydrogen (secondary N) is 1. The molecule has 2 heterocycles. The van der Waals surface area contributed by atoms with Crippen LogP contribution >= 0.6 is 11.8 Å². The molecule has 4 rings (SSSR count). The fourth-order valence-electron chi connectivity index (χ4n) is 3.07. The van der Waals surface area contributed by atoms with Crippen LogP contribution in [-0.4, -0.2) is 26.5 Å². The summed E-state index contributed by atoms with van der Waals surface area (Å²) in [7, 11) is 0. The Morgan fingerprint density at radius 2 is 1.82 bits per heavy atom. The zero-order chi connectivity index (χ0) is 19.5. The van der Waals surface area contributed by atoms with Crippen molar-refractivity contribution in [3.8, 4) is 11.5 Å². The van der Waals surface area contributed by atoms with E-state index in [0.29, 0.717) is 11.4 Å². The van der Waals surface area contributed by atoms with E-state index in [1.165, 1.54) is 0 Å². The van der Waals surface area contributed by atoms with Crippen LogP contribution in [0.25, 0.3) is 11.5 Å². The Bertz CT molecular complexity index is 1120. The van der Waals surface area contributed by atoms with Crippen LogP contribution in [0.15, 0.2) is 84.1 Å². The third-order valence-corrected chi connectivity index (χ3v) is 5.14. The summed E-state index contributed by atoms with van der Waals surface area (Å²) in [5, 5.41) is 7.50. The number of amides is 1. The van der Waals surface area contributed by atoms with Crippen molar-refractivity contribution in [2.75, 3.05) is 11.6 Å². The van der Waals surface area contributed by atoms with Crippen molar-refractivity contribution in [2.24, 2.45) is 0 Å². The van der Waals surface area contributed by atoms with E-state index in [1.54, 1.807) is 22.6 Å². The van der Waals surface area contributed by atoms with E-state index in [1.807, 2.05) is 90.8 Å². The summed E-state index contributed by atoms with van der Waals surface area (Å²) >= 11 is 1.64. The summed E-state index contributed by atoms with van der Waals surface area (Å²) in [5.41, 5.74) is 3.31. The molecular weight excluding hydrogens is 368 g/mol. The molecule has 5 nitrogen and oxygen atoms in total.